The number of hydrogen-bond donors (Lipinski definition) is 0. The van der Waals surface area contributed by atoms with Crippen LogP contribution in [-0.4, -0.2) is 63.1 Å². The van der Waals surface area contributed by atoms with Crippen molar-refractivity contribution in [1.82, 2.24) is 19.9 Å². The van der Waals surface area contributed by atoms with E-state index in [9.17, 15) is 0 Å². The van der Waals surface area contributed by atoms with Gasteiger partial charge >= 0.3 is 0 Å². The van der Waals surface area contributed by atoms with E-state index in [-0.39, 0.29) is 0 Å². The van der Waals surface area contributed by atoms with Crippen LogP contribution in [0, 0.1) is 0 Å². The van der Waals surface area contributed by atoms with E-state index in [2.05, 4.69) is 31.9 Å². The normalized spacial score (nSPS) is 22.6. The molecule has 23 heavy (non-hydrogen) atoms. The summed E-state index contributed by atoms with van der Waals surface area (Å²) in [6, 6.07) is 3.64. The van der Waals surface area contributed by atoms with E-state index in [1.165, 1.54) is 5.17 Å². The van der Waals surface area contributed by atoms with Crippen molar-refractivity contribution in [3.8, 4) is 11.6 Å². The molecular formula is C15H19N5O2S. The maximum Gasteiger partial charge on any atom is 0.241 e. The van der Waals surface area contributed by atoms with Crippen molar-refractivity contribution < 1.29 is 8.94 Å². The highest BCUT2D eigenvalue weighted by atomic mass is 32.2. The Balaban J connectivity index is 1.31. The minimum absolute atomic E-state index is 0.509. The number of aromatic nitrogens is 2. The van der Waals surface area contributed by atoms with Crippen LogP contribution < -0.4 is 0 Å². The van der Waals surface area contributed by atoms with Crippen molar-refractivity contribution >= 4 is 16.9 Å². The number of thioether (sulfide) groups is 1. The second kappa shape index (κ2) is 6.37. The van der Waals surface area contributed by atoms with E-state index < -0.39 is 0 Å². The van der Waals surface area contributed by atoms with Crippen LogP contribution in [0.25, 0.3) is 11.6 Å². The van der Waals surface area contributed by atoms with Gasteiger partial charge in [0.15, 0.2) is 10.9 Å². The lowest BCUT2D eigenvalue weighted by molar-refractivity contribution is 0.159. The van der Waals surface area contributed by atoms with Crippen molar-refractivity contribution in [3.05, 3.63) is 24.3 Å². The Bertz CT molecular complexity index is 676. The molecule has 2 aliphatic heterocycles. The van der Waals surface area contributed by atoms with Crippen LogP contribution >= 0.6 is 11.8 Å². The third-order valence-corrected chi connectivity index (χ3v) is 5.15. The molecule has 1 saturated heterocycles. The predicted molar refractivity (Wildman–Crippen MR) is 88.2 cm³/mol. The molecule has 122 valence electrons. The lowest BCUT2D eigenvalue weighted by Crippen LogP contribution is -2.47. The maximum atomic E-state index is 5.33. The first-order chi connectivity index (χ1) is 11.3. The molecule has 1 unspecified atom stereocenters. The quantitative estimate of drug-likeness (QED) is 0.850. The number of rotatable bonds is 3. The number of aliphatic imine (C=N–C) groups is 1. The van der Waals surface area contributed by atoms with E-state index in [0.29, 0.717) is 29.3 Å². The zero-order valence-electron chi connectivity index (χ0n) is 13.0. The summed E-state index contributed by atoms with van der Waals surface area (Å²) >= 11 is 1.89. The second-order valence-corrected chi connectivity index (χ2v) is 7.21. The lowest BCUT2D eigenvalue weighted by Gasteiger charge is -2.34. The summed E-state index contributed by atoms with van der Waals surface area (Å²) in [6.07, 6.45) is 1.61. The minimum atomic E-state index is 0.509. The minimum Gasteiger partial charge on any atom is -0.461 e. The van der Waals surface area contributed by atoms with Crippen LogP contribution in [0.15, 0.2) is 32.3 Å². The van der Waals surface area contributed by atoms with Crippen LogP contribution in [-0.2, 0) is 6.54 Å². The molecule has 4 rings (SSSR count). The molecule has 0 saturated carbocycles. The molecule has 0 aliphatic carbocycles. The molecule has 0 bridgehead atoms. The van der Waals surface area contributed by atoms with Gasteiger partial charge in [-0.3, -0.25) is 9.89 Å². The third-order valence-electron chi connectivity index (χ3n) is 4.00. The van der Waals surface area contributed by atoms with Crippen LogP contribution in [0.3, 0.4) is 0 Å². The van der Waals surface area contributed by atoms with Gasteiger partial charge in [0.1, 0.15) is 0 Å². The Morgan fingerprint density at radius 1 is 1.30 bits per heavy atom. The fourth-order valence-corrected chi connectivity index (χ4v) is 3.74. The van der Waals surface area contributed by atoms with Gasteiger partial charge in [-0.25, -0.2) is 0 Å². The topological polar surface area (TPSA) is 70.9 Å². The molecule has 4 heterocycles. The van der Waals surface area contributed by atoms with Crippen molar-refractivity contribution in [3.63, 3.8) is 0 Å². The summed E-state index contributed by atoms with van der Waals surface area (Å²) < 4.78 is 10.6. The van der Waals surface area contributed by atoms with Crippen molar-refractivity contribution in [2.75, 3.05) is 32.7 Å². The number of amidine groups is 1. The zero-order valence-corrected chi connectivity index (χ0v) is 13.8. The second-order valence-electron chi connectivity index (χ2n) is 5.80. The van der Waals surface area contributed by atoms with Gasteiger partial charge in [0.05, 0.1) is 19.4 Å². The van der Waals surface area contributed by atoms with E-state index in [1.54, 1.807) is 6.26 Å². The van der Waals surface area contributed by atoms with Gasteiger partial charge in [-0.15, -0.1) is 0 Å². The highest BCUT2D eigenvalue weighted by Crippen LogP contribution is 2.24. The Hall–Kier alpha value is -1.80. The Morgan fingerprint density at radius 2 is 2.17 bits per heavy atom. The largest absolute Gasteiger partial charge is 0.461 e. The number of furan rings is 1. The molecule has 8 heteroatoms. The fraction of sp³-hybridized carbons (Fsp3) is 0.533. The fourth-order valence-electron chi connectivity index (χ4n) is 2.75. The Kier molecular flexibility index (Phi) is 4.09. The molecule has 1 fully saturated rings. The summed E-state index contributed by atoms with van der Waals surface area (Å²) in [4.78, 5) is 13.7. The first kappa shape index (κ1) is 14.8. The van der Waals surface area contributed by atoms with Crippen molar-refractivity contribution in [2.24, 2.45) is 4.99 Å². The smallest absolute Gasteiger partial charge is 0.241 e. The summed E-state index contributed by atoms with van der Waals surface area (Å²) in [5.74, 6) is 1.77. The third kappa shape index (κ3) is 3.28. The highest BCUT2D eigenvalue weighted by Gasteiger charge is 2.25. The van der Waals surface area contributed by atoms with E-state index in [1.807, 2.05) is 23.9 Å². The van der Waals surface area contributed by atoms with Crippen molar-refractivity contribution in [2.45, 2.75) is 18.7 Å². The number of nitrogens with zero attached hydrogens (tertiary/aromatic N) is 5. The molecule has 2 aliphatic rings. The standard InChI is InChI=1S/C15H19N5O2S/c1-11-9-16-15(23-11)20-6-4-19(5-7-20)10-13-17-14(18-22-13)12-3-2-8-21-12/h2-3,8,11H,4-7,9-10H2,1H3. The Labute approximate surface area is 138 Å². The summed E-state index contributed by atoms with van der Waals surface area (Å²) in [7, 11) is 0. The first-order valence-electron chi connectivity index (χ1n) is 7.83. The molecule has 0 N–H and O–H groups in total. The average molecular weight is 333 g/mol. The molecule has 0 spiro atoms. The summed E-state index contributed by atoms with van der Waals surface area (Å²) in [5.41, 5.74) is 0. The highest BCUT2D eigenvalue weighted by molar-refractivity contribution is 8.14. The summed E-state index contributed by atoms with van der Waals surface area (Å²) in [6.45, 7) is 7.80. The number of piperazine rings is 1. The van der Waals surface area contributed by atoms with E-state index in [4.69, 9.17) is 8.94 Å². The molecule has 0 aromatic carbocycles. The van der Waals surface area contributed by atoms with Crippen LogP contribution in [0.1, 0.15) is 12.8 Å². The van der Waals surface area contributed by atoms with Crippen LogP contribution in [0.5, 0.6) is 0 Å². The Morgan fingerprint density at radius 3 is 2.87 bits per heavy atom. The van der Waals surface area contributed by atoms with E-state index >= 15 is 0 Å². The molecule has 2 aromatic heterocycles. The number of hydrogen-bond acceptors (Lipinski definition) is 8. The maximum absolute atomic E-state index is 5.33. The van der Waals surface area contributed by atoms with Gasteiger partial charge in [0.25, 0.3) is 0 Å². The molecule has 2 aromatic rings. The molecule has 1 atom stereocenters. The monoisotopic (exact) mass is 333 g/mol. The first-order valence-corrected chi connectivity index (χ1v) is 8.71. The van der Waals surface area contributed by atoms with E-state index in [0.717, 1.165) is 32.7 Å². The van der Waals surface area contributed by atoms with Crippen LogP contribution in [0.2, 0.25) is 0 Å². The van der Waals surface area contributed by atoms with Gasteiger partial charge in [0.2, 0.25) is 11.7 Å². The van der Waals surface area contributed by atoms with Crippen molar-refractivity contribution in [1.29, 1.82) is 0 Å². The van der Waals surface area contributed by atoms with Gasteiger partial charge in [-0.2, -0.15) is 4.98 Å². The molecule has 7 nitrogen and oxygen atoms in total. The zero-order chi connectivity index (χ0) is 15.6. The SMILES string of the molecule is CC1CN=C(N2CCN(Cc3nc(-c4ccco4)no3)CC2)S1. The lowest BCUT2D eigenvalue weighted by atomic mass is 10.3. The molecule has 0 amide bonds. The van der Waals surface area contributed by atoms with Gasteiger partial charge in [0, 0.05) is 31.4 Å². The summed E-state index contributed by atoms with van der Waals surface area (Å²) in [5, 5.41) is 5.79. The molecule has 0 radical (unpaired) electrons. The molecular weight excluding hydrogens is 314 g/mol. The van der Waals surface area contributed by atoms with Gasteiger partial charge in [-0.05, 0) is 12.1 Å². The van der Waals surface area contributed by atoms with Gasteiger partial charge in [-0.1, -0.05) is 23.8 Å². The predicted octanol–water partition coefficient (Wildman–Crippen LogP) is 1.94. The van der Waals surface area contributed by atoms with Crippen LogP contribution in [0.4, 0.5) is 0 Å². The van der Waals surface area contributed by atoms with Gasteiger partial charge < -0.3 is 13.8 Å². The average Bonchev–Trinajstić information content (AvgIpc) is 3.28.